The summed E-state index contributed by atoms with van der Waals surface area (Å²) in [6.45, 7) is 4.49. The molecule has 1 aliphatic heterocycles. The van der Waals surface area contributed by atoms with Gasteiger partial charge in [0.2, 0.25) is 5.76 Å². The van der Waals surface area contributed by atoms with Crippen molar-refractivity contribution >= 4 is 11.6 Å². The summed E-state index contributed by atoms with van der Waals surface area (Å²) in [7, 11) is 0. The third kappa shape index (κ3) is 2.36. The highest BCUT2D eigenvalue weighted by atomic mass is 16.3. The molecule has 1 amide bonds. The molecule has 0 spiro atoms. The molecule has 124 valence electrons. The Labute approximate surface area is 139 Å². The average molecular weight is 325 g/mol. The predicted octanol–water partition coefficient (Wildman–Crippen LogP) is 2.70. The fourth-order valence-electron chi connectivity index (χ4n) is 3.38. The Hall–Kier alpha value is -2.70. The zero-order valence-electron chi connectivity index (χ0n) is 13.8. The summed E-state index contributed by atoms with van der Waals surface area (Å²) in [4.78, 5) is 23.5. The van der Waals surface area contributed by atoms with E-state index in [2.05, 4.69) is 10.1 Å². The zero-order chi connectivity index (χ0) is 16.7. The first kappa shape index (κ1) is 14.9. The summed E-state index contributed by atoms with van der Waals surface area (Å²) < 4.78 is 7.11. The van der Waals surface area contributed by atoms with Gasteiger partial charge in [0, 0.05) is 18.3 Å². The van der Waals surface area contributed by atoms with E-state index in [-0.39, 0.29) is 11.9 Å². The maximum absolute atomic E-state index is 12.9. The number of rotatable bonds is 2. The predicted molar refractivity (Wildman–Crippen MR) is 86.6 cm³/mol. The van der Waals surface area contributed by atoms with Gasteiger partial charge in [-0.15, -0.1) is 0 Å². The molecule has 3 aromatic heterocycles. The molecule has 0 radical (unpaired) electrons. The van der Waals surface area contributed by atoms with E-state index in [0.717, 1.165) is 36.3 Å². The number of carbonyl (C=O) groups excluding carboxylic acids is 1. The van der Waals surface area contributed by atoms with Crippen LogP contribution < -0.4 is 0 Å². The Morgan fingerprint density at radius 2 is 2.21 bits per heavy atom. The molecule has 0 unspecified atom stereocenters. The zero-order valence-corrected chi connectivity index (χ0v) is 13.8. The van der Waals surface area contributed by atoms with Crippen molar-refractivity contribution in [1.29, 1.82) is 0 Å². The molecule has 7 nitrogen and oxygen atoms in total. The highest BCUT2D eigenvalue weighted by Crippen LogP contribution is 2.32. The number of aryl methyl sites for hydroxylation is 2. The first-order valence-electron chi connectivity index (χ1n) is 8.17. The topological polar surface area (TPSA) is 76.5 Å². The minimum atomic E-state index is -0.109. The first-order chi connectivity index (χ1) is 11.6. The van der Waals surface area contributed by atoms with E-state index in [1.165, 1.54) is 6.39 Å². The van der Waals surface area contributed by atoms with Crippen LogP contribution in [0, 0.1) is 13.8 Å². The van der Waals surface area contributed by atoms with E-state index in [1.54, 1.807) is 17.6 Å². The van der Waals surface area contributed by atoms with Crippen molar-refractivity contribution in [1.82, 2.24) is 24.5 Å². The second-order valence-electron chi connectivity index (χ2n) is 6.20. The van der Waals surface area contributed by atoms with Crippen LogP contribution in [0.3, 0.4) is 0 Å². The van der Waals surface area contributed by atoms with Crippen molar-refractivity contribution in [2.45, 2.75) is 39.2 Å². The molecule has 0 N–H and O–H groups in total. The van der Waals surface area contributed by atoms with Gasteiger partial charge in [0.05, 0.1) is 23.6 Å². The summed E-state index contributed by atoms with van der Waals surface area (Å²) in [5.74, 6) is 0.214. The highest BCUT2D eigenvalue weighted by molar-refractivity contribution is 5.92. The lowest BCUT2D eigenvalue weighted by molar-refractivity contribution is 0.0572. The van der Waals surface area contributed by atoms with Crippen LogP contribution in [-0.2, 0) is 0 Å². The van der Waals surface area contributed by atoms with E-state index >= 15 is 0 Å². The number of aromatic nitrogens is 4. The number of amides is 1. The normalized spacial score (nSPS) is 18.2. The number of hydrogen-bond donors (Lipinski definition) is 0. The summed E-state index contributed by atoms with van der Waals surface area (Å²) in [5.41, 5.74) is 3.35. The number of nitrogens with zero attached hydrogens (tertiary/aromatic N) is 5. The Morgan fingerprint density at radius 1 is 1.33 bits per heavy atom. The molecule has 24 heavy (non-hydrogen) atoms. The van der Waals surface area contributed by atoms with Gasteiger partial charge in [0.25, 0.3) is 5.91 Å². The van der Waals surface area contributed by atoms with E-state index in [0.29, 0.717) is 18.0 Å². The smallest absolute Gasteiger partial charge is 0.292 e. The monoisotopic (exact) mass is 325 g/mol. The van der Waals surface area contributed by atoms with Gasteiger partial charge < -0.3 is 9.32 Å². The van der Waals surface area contributed by atoms with Crippen molar-refractivity contribution in [3.8, 4) is 0 Å². The van der Waals surface area contributed by atoms with E-state index in [4.69, 9.17) is 9.40 Å². The quantitative estimate of drug-likeness (QED) is 0.724. The van der Waals surface area contributed by atoms with Crippen LogP contribution in [0.4, 0.5) is 0 Å². The fraction of sp³-hybridized carbons (Fsp3) is 0.412. The van der Waals surface area contributed by atoms with Gasteiger partial charge in [-0.25, -0.2) is 14.5 Å². The van der Waals surface area contributed by atoms with Gasteiger partial charge in [-0.2, -0.15) is 5.10 Å². The Morgan fingerprint density at radius 3 is 3.00 bits per heavy atom. The lowest BCUT2D eigenvalue weighted by Crippen LogP contribution is -2.39. The molecule has 0 aromatic carbocycles. The van der Waals surface area contributed by atoms with Crippen molar-refractivity contribution in [3.05, 3.63) is 47.6 Å². The van der Waals surface area contributed by atoms with Crippen molar-refractivity contribution < 1.29 is 9.21 Å². The second kappa shape index (κ2) is 5.74. The first-order valence-corrected chi connectivity index (χ1v) is 8.17. The number of likely N-dealkylation sites (tertiary alicyclic amines) is 1. The van der Waals surface area contributed by atoms with E-state index in [1.807, 2.05) is 24.0 Å². The third-order valence-electron chi connectivity index (χ3n) is 4.60. The van der Waals surface area contributed by atoms with Gasteiger partial charge >= 0.3 is 0 Å². The standard InChI is InChI=1S/C17H19N5O2/c1-11-9-13(20-15-6-7-19-22(11)15)14-5-3-4-8-21(14)17(23)16-12(2)18-10-24-16/h6-7,9-10,14H,3-5,8H2,1-2H3/t14-/m0/s1. The lowest BCUT2D eigenvalue weighted by Gasteiger charge is -2.35. The van der Waals surface area contributed by atoms with Crippen LogP contribution in [0.5, 0.6) is 0 Å². The van der Waals surface area contributed by atoms with Crippen molar-refractivity contribution in [2.24, 2.45) is 0 Å². The van der Waals surface area contributed by atoms with Crippen LogP contribution in [0.2, 0.25) is 0 Å². The van der Waals surface area contributed by atoms with Crippen LogP contribution in [0.25, 0.3) is 5.65 Å². The van der Waals surface area contributed by atoms with E-state index < -0.39 is 0 Å². The highest BCUT2D eigenvalue weighted by Gasteiger charge is 2.32. The van der Waals surface area contributed by atoms with Crippen LogP contribution >= 0.6 is 0 Å². The number of piperidine rings is 1. The Kier molecular flexibility index (Phi) is 3.55. The Bertz CT molecular complexity index is 897. The van der Waals surface area contributed by atoms with Gasteiger partial charge in [0.1, 0.15) is 0 Å². The summed E-state index contributed by atoms with van der Waals surface area (Å²) in [6, 6.07) is 3.85. The number of hydrogen-bond acceptors (Lipinski definition) is 5. The van der Waals surface area contributed by atoms with Crippen molar-refractivity contribution in [2.75, 3.05) is 6.54 Å². The maximum Gasteiger partial charge on any atom is 0.292 e. The van der Waals surface area contributed by atoms with Crippen LogP contribution in [0.15, 0.2) is 29.1 Å². The minimum absolute atomic E-state index is 0.0469. The Balaban J connectivity index is 1.73. The fourth-order valence-corrected chi connectivity index (χ4v) is 3.38. The van der Waals surface area contributed by atoms with Crippen LogP contribution in [0.1, 0.15) is 52.9 Å². The molecular formula is C17H19N5O2. The molecule has 1 fully saturated rings. The molecule has 1 atom stereocenters. The van der Waals surface area contributed by atoms with Crippen LogP contribution in [-0.4, -0.2) is 36.9 Å². The molecule has 1 saturated heterocycles. The summed E-state index contributed by atoms with van der Waals surface area (Å²) in [6.07, 6.45) is 6.02. The second-order valence-corrected chi connectivity index (χ2v) is 6.20. The number of fused-ring (bicyclic) bond motifs is 1. The molecule has 1 aliphatic rings. The molecule has 0 bridgehead atoms. The minimum Gasteiger partial charge on any atom is -0.438 e. The van der Waals surface area contributed by atoms with Gasteiger partial charge in [-0.05, 0) is 39.2 Å². The molecule has 0 saturated carbocycles. The average Bonchev–Trinajstić information content (AvgIpc) is 3.23. The molecule has 0 aliphatic carbocycles. The van der Waals surface area contributed by atoms with Gasteiger partial charge in [-0.3, -0.25) is 4.79 Å². The van der Waals surface area contributed by atoms with E-state index in [9.17, 15) is 4.79 Å². The SMILES string of the molecule is Cc1ncoc1C(=O)N1CCCC[C@H]1c1cc(C)n2nccc2n1. The van der Waals surface area contributed by atoms with Gasteiger partial charge in [0.15, 0.2) is 12.0 Å². The number of carbonyl (C=O) groups is 1. The molecule has 7 heteroatoms. The summed E-state index contributed by atoms with van der Waals surface area (Å²) in [5, 5.41) is 4.26. The number of oxazole rings is 1. The molecule has 3 aromatic rings. The van der Waals surface area contributed by atoms with Crippen molar-refractivity contribution in [3.63, 3.8) is 0 Å². The molecular weight excluding hydrogens is 306 g/mol. The summed E-state index contributed by atoms with van der Waals surface area (Å²) >= 11 is 0. The molecule has 4 heterocycles. The maximum atomic E-state index is 12.9. The van der Waals surface area contributed by atoms with Gasteiger partial charge in [-0.1, -0.05) is 0 Å². The largest absolute Gasteiger partial charge is 0.438 e. The lowest BCUT2D eigenvalue weighted by atomic mass is 9.98. The third-order valence-corrected chi connectivity index (χ3v) is 4.60. The molecule has 4 rings (SSSR count).